The van der Waals surface area contributed by atoms with E-state index in [2.05, 4.69) is 15.2 Å². The van der Waals surface area contributed by atoms with E-state index in [-0.39, 0.29) is 5.91 Å². The van der Waals surface area contributed by atoms with Crippen molar-refractivity contribution in [3.63, 3.8) is 0 Å². The molecule has 1 aromatic carbocycles. The summed E-state index contributed by atoms with van der Waals surface area (Å²) >= 11 is 0. The molecule has 1 saturated heterocycles. The van der Waals surface area contributed by atoms with Gasteiger partial charge in [0.25, 0.3) is 5.91 Å². The van der Waals surface area contributed by atoms with Gasteiger partial charge in [-0.15, -0.1) is 0 Å². The summed E-state index contributed by atoms with van der Waals surface area (Å²) in [5.74, 6) is 1.43. The number of nitrogens with zero attached hydrogens (tertiary/aromatic N) is 2. The number of carbonyl (C=O) groups excluding carboxylic acids is 1. The van der Waals surface area contributed by atoms with Gasteiger partial charge in [0, 0.05) is 13.1 Å². The van der Waals surface area contributed by atoms with Crippen molar-refractivity contribution < 1.29 is 19.0 Å². The number of nitrogens with one attached hydrogen (secondary N) is 1. The van der Waals surface area contributed by atoms with Crippen LogP contribution in [0, 0.1) is 0 Å². The van der Waals surface area contributed by atoms with Gasteiger partial charge < -0.3 is 24.4 Å². The average molecular weight is 355 g/mol. The Morgan fingerprint density at radius 2 is 1.85 bits per heavy atom. The zero-order valence-electron chi connectivity index (χ0n) is 14.6. The number of pyridine rings is 1. The number of benzene rings is 1. The van der Waals surface area contributed by atoms with Gasteiger partial charge in [0.05, 0.1) is 25.1 Å². The second-order valence-electron chi connectivity index (χ2n) is 6.30. The molecule has 2 aliphatic heterocycles. The van der Waals surface area contributed by atoms with Crippen LogP contribution in [0.5, 0.6) is 11.5 Å². The van der Waals surface area contributed by atoms with Crippen molar-refractivity contribution in [3.8, 4) is 11.5 Å². The minimum absolute atomic E-state index is 0.279. The van der Waals surface area contributed by atoms with Gasteiger partial charge in [-0.25, -0.2) is 4.98 Å². The summed E-state index contributed by atoms with van der Waals surface area (Å²) in [6.07, 6.45) is 0.640. The topological polar surface area (TPSA) is 72.9 Å². The van der Waals surface area contributed by atoms with Gasteiger partial charge in [-0.3, -0.25) is 4.79 Å². The van der Waals surface area contributed by atoms with Crippen LogP contribution in [-0.4, -0.2) is 49.4 Å². The second kappa shape index (κ2) is 7.21. The van der Waals surface area contributed by atoms with E-state index in [9.17, 15) is 4.79 Å². The van der Waals surface area contributed by atoms with Crippen LogP contribution in [0.3, 0.4) is 0 Å². The lowest BCUT2D eigenvalue weighted by Gasteiger charge is -2.31. The highest BCUT2D eigenvalue weighted by molar-refractivity contribution is 5.94. The molecule has 1 amide bonds. The number of rotatable bonds is 3. The predicted octanol–water partition coefficient (Wildman–Crippen LogP) is 2.09. The van der Waals surface area contributed by atoms with Gasteiger partial charge in [0.2, 0.25) is 6.10 Å². The molecule has 2 aromatic rings. The van der Waals surface area contributed by atoms with Crippen molar-refractivity contribution >= 4 is 17.4 Å². The molecule has 2 aliphatic rings. The summed E-state index contributed by atoms with van der Waals surface area (Å²) in [5.41, 5.74) is 1.02. The largest absolute Gasteiger partial charge is 0.482 e. The highest BCUT2D eigenvalue weighted by Gasteiger charge is 2.34. The zero-order valence-corrected chi connectivity index (χ0v) is 14.6. The van der Waals surface area contributed by atoms with Crippen molar-refractivity contribution in [2.45, 2.75) is 19.1 Å². The first kappa shape index (κ1) is 16.7. The lowest BCUT2D eigenvalue weighted by Crippen LogP contribution is -2.46. The number of hydrogen-bond acceptors (Lipinski definition) is 6. The molecule has 136 valence electrons. The standard InChI is InChI=1S/C19H21N3O4/c1-13-18(26-16-5-3-2-4-15(16)25-13)19(23)21-17-7-6-14(12-20-17)22-8-10-24-11-9-22/h2-7,12-13,18H,8-11H2,1H3,(H,20,21,23)/t13-,18-/m1/s1. The van der Waals surface area contributed by atoms with Crippen LogP contribution in [0.25, 0.3) is 0 Å². The average Bonchev–Trinajstić information content (AvgIpc) is 2.68. The van der Waals surface area contributed by atoms with Gasteiger partial charge in [0.15, 0.2) is 11.5 Å². The molecule has 0 saturated carbocycles. The Labute approximate surface area is 151 Å². The van der Waals surface area contributed by atoms with E-state index in [1.54, 1.807) is 18.3 Å². The van der Waals surface area contributed by atoms with Gasteiger partial charge in [-0.05, 0) is 31.2 Å². The third-order valence-electron chi connectivity index (χ3n) is 4.48. The molecule has 7 nitrogen and oxygen atoms in total. The first-order valence-electron chi connectivity index (χ1n) is 8.73. The van der Waals surface area contributed by atoms with Crippen molar-refractivity contribution in [1.29, 1.82) is 0 Å². The smallest absolute Gasteiger partial charge is 0.270 e. The van der Waals surface area contributed by atoms with E-state index >= 15 is 0 Å². The van der Waals surface area contributed by atoms with Crippen LogP contribution in [0.15, 0.2) is 42.6 Å². The quantitative estimate of drug-likeness (QED) is 0.909. The van der Waals surface area contributed by atoms with E-state index in [0.717, 1.165) is 32.0 Å². The number of para-hydroxylation sites is 2. The maximum absolute atomic E-state index is 12.6. The fourth-order valence-corrected chi connectivity index (χ4v) is 3.07. The summed E-state index contributed by atoms with van der Waals surface area (Å²) in [4.78, 5) is 19.1. The van der Waals surface area contributed by atoms with Crippen LogP contribution in [0.2, 0.25) is 0 Å². The lowest BCUT2D eigenvalue weighted by molar-refractivity contribution is -0.128. The number of aromatic nitrogens is 1. The van der Waals surface area contributed by atoms with Crippen LogP contribution in [0.4, 0.5) is 11.5 Å². The van der Waals surface area contributed by atoms with Crippen molar-refractivity contribution in [2.75, 3.05) is 36.5 Å². The monoisotopic (exact) mass is 355 g/mol. The molecule has 1 fully saturated rings. The summed E-state index contributed by atoms with van der Waals surface area (Å²) < 4.78 is 16.9. The predicted molar refractivity (Wildman–Crippen MR) is 96.8 cm³/mol. The van der Waals surface area contributed by atoms with E-state index in [4.69, 9.17) is 14.2 Å². The SMILES string of the molecule is C[C@H]1Oc2ccccc2O[C@H]1C(=O)Nc1ccc(N2CCOCC2)cn1. The maximum atomic E-state index is 12.6. The highest BCUT2D eigenvalue weighted by atomic mass is 16.6. The molecular weight excluding hydrogens is 334 g/mol. The molecule has 26 heavy (non-hydrogen) atoms. The van der Waals surface area contributed by atoms with Crippen LogP contribution in [-0.2, 0) is 9.53 Å². The van der Waals surface area contributed by atoms with E-state index in [1.807, 2.05) is 31.2 Å². The number of hydrogen-bond donors (Lipinski definition) is 1. The second-order valence-corrected chi connectivity index (χ2v) is 6.30. The minimum Gasteiger partial charge on any atom is -0.482 e. The molecule has 0 unspecified atom stereocenters. The van der Waals surface area contributed by atoms with E-state index < -0.39 is 12.2 Å². The van der Waals surface area contributed by atoms with E-state index in [0.29, 0.717) is 17.3 Å². The number of anilines is 2. The molecule has 0 radical (unpaired) electrons. The Bertz CT molecular complexity index is 775. The molecule has 3 heterocycles. The van der Waals surface area contributed by atoms with Gasteiger partial charge >= 0.3 is 0 Å². The third kappa shape index (κ3) is 3.43. The number of morpholine rings is 1. The minimum atomic E-state index is -0.731. The molecular formula is C19H21N3O4. The molecule has 0 bridgehead atoms. The third-order valence-corrected chi connectivity index (χ3v) is 4.48. The lowest BCUT2D eigenvalue weighted by atomic mass is 10.1. The van der Waals surface area contributed by atoms with Crippen molar-refractivity contribution in [2.24, 2.45) is 0 Å². The number of fused-ring (bicyclic) bond motifs is 1. The Morgan fingerprint density at radius 3 is 2.54 bits per heavy atom. The Kier molecular flexibility index (Phi) is 4.62. The summed E-state index contributed by atoms with van der Waals surface area (Å²) in [6.45, 7) is 4.94. The molecule has 0 aliphatic carbocycles. The molecule has 1 aromatic heterocycles. The zero-order chi connectivity index (χ0) is 17.9. The highest BCUT2D eigenvalue weighted by Crippen LogP contribution is 2.33. The van der Waals surface area contributed by atoms with E-state index in [1.165, 1.54) is 0 Å². The first-order valence-corrected chi connectivity index (χ1v) is 8.73. The molecule has 7 heteroatoms. The van der Waals surface area contributed by atoms with Gasteiger partial charge in [-0.1, -0.05) is 12.1 Å². The normalized spacial score (nSPS) is 22.0. The fourth-order valence-electron chi connectivity index (χ4n) is 3.07. The van der Waals surface area contributed by atoms with Crippen LogP contribution >= 0.6 is 0 Å². The fraction of sp³-hybridized carbons (Fsp3) is 0.368. The Morgan fingerprint density at radius 1 is 1.12 bits per heavy atom. The molecule has 2 atom stereocenters. The van der Waals surface area contributed by atoms with Crippen molar-refractivity contribution in [1.82, 2.24) is 4.98 Å². The van der Waals surface area contributed by atoms with Crippen molar-refractivity contribution in [3.05, 3.63) is 42.6 Å². The first-order chi connectivity index (χ1) is 12.7. The van der Waals surface area contributed by atoms with Crippen LogP contribution in [0.1, 0.15) is 6.92 Å². The molecule has 1 N–H and O–H groups in total. The maximum Gasteiger partial charge on any atom is 0.270 e. The number of ether oxygens (including phenoxy) is 3. The Balaban J connectivity index is 1.41. The van der Waals surface area contributed by atoms with Gasteiger partial charge in [-0.2, -0.15) is 0 Å². The Hall–Kier alpha value is -2.80. The number of carbonyl (C=O) groups is 1. The van der Waals surface area contributed by atoms with Gasteiger partial charge in [0.1, 0.15) is 11.9 Å². The molecule has 4 rings (SSSR count). The molecule has 0 spiro atoms. The van der Waals surface area contributed by atoms with Crippen LogP contribution < -0.4 is 19.7 Å². The summed E-state index contributed by atoms with van der Waals surface area (Å²) in [7, 11) is 0. The summed E-state index contributed by atoms with van der Waals surface area (Å²) in [5, 5.41) is 2.80. The summed E-state index contributed by atoms with van der Waals surface area (Å²) in [6, 6.07) is 11.1. The number of amides is 1.